The highest BCUT2D eigenvalue weighted by molar-refractivity contribution is 5.95. The molecule has 0 saturated heterocycles. The molecular weight excluding hydrogens is 397 g/mol. The highest BCUT2D eigenvalue weighted by atomic mass is 19.4. The van der Waals surface area contributed by atoms with E-state index in [4.69, 9.17) is 0 Å². The van der Waals surface area contributed by atoms with Crippen molar-refractivity contribution in [1.29, 1.82) is 0 Å². The number of halogens is 9. The van der Waals surface area contributed by atoms with Crippen LogP contribution in [0.2, 0.25) is 0 Å². The molecule has 1 aromatic carbocycles. The van der Waals surface area contributed by atoms with E-state index in [1.807, 2.05) is 0 Å². The number of nitrogens with one attached hydrogen (secondary N) is 1. The van der Waals surface area contributed by atoms with Crippen molar-refractivity contribution in [3.8, 4) is 0 Å². The SMILES string of the molecule is CCC(C)(C(=O)Nc1ccc(C(O)(C(F)(F)F)C(F)(F)F)cc1)C(F)(F)F. The lowest BCUT2D eigenvalue weighted by atomic mass is 9.85. The van der Waals surface area contributed by atoms with E-state index >= 15 is 0 Å². The average molecular weight is 411 g/mol. The highest BCUT2D eigenvalue weighted by Gasteiger charge is 2.71. The predicted molar refractivity (Wildman–Crippen MR) is 75.5 cm³/mol. The third-order valence-corrected chi connectivity index (χ3v) is 4.21. The zero-order chi connectivity index (χ0) is 21.5. The Morgan fingerprint density at radius 2 is 1.30 bits per heavy atom. The molecule has 0 aliphatic heterocycles. The first-order valence-corrected chi connectivity index (χ1v) is 7.26. The van der Waals surface area contributed by atoms with E-state index in [-0.39, 0.29) is 12.1 Å². The van der Waals surface area contributed by atoms with Gasteiger partial charge in [-0.05, 0) is 25.5 Å². The molecule has 0 spiro atoms. The fourth-order valence-electron chi connectivity index (χ4n) is 2.04. The Balaban J connectivity index is 3.22. The minimum atomic E-state index is -6.10. The Labute approximate surface area is 147 Å². The van der Waals surface area contributed by atoms with E-state index < -0.39 is 53.1 Å². The van der Waals surface area contributed by atoms with Crippen LogP contribution in [0, 0.1) is 5.41 Å². The second-order valence-corrected chi connectivity index (χ2v) is 5.92. The summed E-state index contributed by atoms with van der Waals surface area (Å²) in [5, 5.41) is 11.0. The molecule has 27 heavy (non-hydrogen) atoms. The lowest BCUT2D eigenvalue weighted by Gasteiger charge is -2.33. The maximum Gasteiger partial charge on any atom is 0.430 e. The second-order valence-electron chi connectivity index (χ2n) is 5.92. The summed E-state index contributed by atoms with van der Waals surface area (Å²) in [7, 11) is 0. The average Bonchev–Trinajstić information content (AvgIpc) is 2.50. The fraction of sp³-hybridized carbons (Fsp3) is 0.533. The second kappa shape index (κ2) is 6.88. The van der Waals surface area contributed by atoms with Gasteiger partial charge in [-0.1, -0.05) is 19.1 Å². The number of anilines is 1. The molecule has 154 valence electrons. The largest absolute Gasteiger partial charge is 0.430 e. The monoisotopic (exact) mass is 411 g/mol. The summed E-state index contributed by atoms with van der Waals surface area (Å²) in [4.78, 5) is 11.9. The first-order valence-electron chi connectivity index (χ1n) is 7.26. The van der Waals surface area contributed by atoms with E-state index in [1.165, 1.54) is 0 Å². The van der Waals surface area contributed by atoms with Crippen molar-refractivity contribution >= 4 is 11.6 Å². The van der Waals surface area contributed by atoms with Gasteiger partial charge >= 0.3 is 18.5 Å². The van der Waals surface area contributed by atoms with E-state index in [9.17, 15) is 49.4 Å². The Morgan fingerprint density at radius 1 is 0.889 bits per heavy atom. The number of hydrogen-bond donors (Lipinski definition) is 2. The van der Waals surface area contributed by atoms with E-state index in [0.717, 1.165) is 6.92 Å². The van der Waals surface area contributed by atoms with Crippen molar-refractivity contribution in [2.45, 2.75) is 44.4 Å². The van der Waals surface area contributed by atoms with E-state index in [1.54, 1.807) is 5.32 Å². The van der Waals surface area contributed by atoms with Crippen molar-refractivity contribution in [1.82, 2.24) is 0 Å². The van der Waals surface area contributed by atoms with Gasteiger partial charge in [-0.3, -0.25) is 4.79 Å². The molecule has 12 heteroatoms. The minimum absolute atomic E-state index is 0.216. The zero-order valence-electron chi connectivity index (χ0n) is 13.8. The summed E-state index contributed by atoms with van der Waals surface area (Å²) in [6.45, 7) is 1.69. The van der Waals surface area contributed by atoms with Gasteiger partial charge in [0, 0.05) is 11.3 Å². The van der Waals surface area contributed by atoms with Crippen LogP contribution in [0.25, 0.3) is 0 Å². The molecule has 0 fully saturated rings. The molecule has 0 aromatic heterocycles. The summed E-state index contributed by atoms with van der Waals surface area (Å²) in [6, 6.07) is 1.49. The van der Waals surface area contributed by atoms with Crippen LogP contribution in [0.3, 0.4) is 0 Å². The van der Waals surface area contributed by atoms with Crippen LogP contribution < -0.4 is 5.32 Å². The van der Waals surface area contributed by atoms with Gasteiger partial charge in [0.2, 0.25) is 5.91 Å². The number of rotatable bonds is 4. The number of carbonyl (C=O) groups excluding carboxylic acids is 1. The summed E-state index contributed by atoms with van der Waals surface area (Å²) in [5.41, 5.74) is -10.1. The lowest BCUT2D eigenvalue weighted by molar-refractivity contribution is -0.376. The molecule has 0 saturated carbocycles. The first kappa shape index (κ1) is 23.1. The summed E-state index contributed by atoms with van der Waals surface area (Å²) in [5.74, 6) is -1.54. The van der Waals surface area contributed by atoms with Crippen molar-refractivity contribution in [2.24, 2.45) is 5.41 Å². The number of alkyl halides is 9. The number of carbonyl (C=O) groups is 1. The number of amides is 1. The predicted octanol–water partition coefficient (Wildman–Crippen LogP) is 4.92. The Morgan fingerprint density at radius 3 is 1.59 bits per heavy atom. The van der Waals surface area contributed by atoms with Gasteiger partial charge in [0.25, 0.3) is 5.60 Å². The molecule has 3 nitrogen and oxygen atoms in total. The molecule has 0 heterocycles. The lowest BCUT2D eigenvalue weighted by Crippen LogP contribution is -2.53. The van der Waals surface area contributed by atoms with E-state index in [0.29, 0.717) is 19.1 Å². The Kier molecular flexibility index (Phi) is 5.87. The third kappa shape index (κ3) is 3.99. The molecule has 0 aliphatic rings. The number of hydrogen-bond acceptors (Lipinski definition) is 2. The highest BCUT2D eigenvalue weighted by Crippen LogP contribution is 2.50. The molecule has 1 aromatic rings. The van der Waals surface area contributed by atoms with Gasteiger partial charge in [-0.2, -0.15) is 39.5 Å². The van der Waals surface area contributed by atoms with Crippen LogP contribution in [-0.4, -0.2) is 29.5 Å². The molecule has 0 bridgehead atoms. The standard InChI is InChI=1S/C15H14F9NO2/c1-3-11(2,13(16,17)18)10(26)25-9-6-4-8(5-7-9)12(27,14(19,20)21)15(22,23)24/h4-7,27H,3H2,1-2H3,(H,25,26). The quantitative estimate of drug-likeness (QED) is 0.692. The fourth-order valence-corrected chi connectivity index (χ4v) is 2.04. The number of aliphatic hydroxyl groups is 1. The molecule has 0 radical (unpaired) electrons. The van der Waals surface area contributed by atoms with Gasteiger partial charge in [0.05, 0.1) is 0 Å². The van der Waals surface area contributed by atoms with Crippen molar-refractivity contribution in [3.63, 3.8) is 0 Å². The molecule has 1 rings (SSSR count). The first-order chi connectivity index (χ1) is 11.9. The van der Waals surface area contributed by atoms with Crippen LogP contribution in [0.4, 0.5) is 45.2 Å². The van der Waals surface area contributed by atoms with Gasteiger partial charge in [0.1, 0.15) is 5.41 Å². The maximum atomic E-state index is 13.0. The summed E-state index contributed by atoms with van der Waals surface area (Å²) in [6.07, 6.45) is -17.8. The van der Waals surface area contributed by atoms with Crippen molar-refractivity contribution < 1.29 is 49.4 Å². The zero-order valence-corrected chi connectivity index (χ0v) is 13.8. The van der Waals surface area contributed by atoms with Crippen LogP contribution in [0.15, 0.2) is 24.3 Å². The van der Waals surface area contributed by atoms with Crippen LogP contribution in [-0.2, 0) is 10.4 Å². The van der Waals surface area contributed by atoms with Gasteiger partial charge in [-0.15, -0.1) is 0 Å². The molecule has 1 atom stereocenters. The minimum Gasteiger partial charge on any atom is -0.369 e. The Bertz CT molecular complexity index is 663. The number of benzene rings is 1. The van der Waals surface area contributed by atoms with Crippen LogP contribution in [0.5, 0.6) is 0 Å². The Hall–Kier alpha value is -1.98. The maximum absolute atomic E-state index is 13.0. The summed E-state index contributed by atoms with van der Waals surface area (Å²) < 4.78 is 116. The topological polar surface area (TPSA) is 49.3 Å². The van der Waals surface area contributed by atoms with E-state index in [2.05, 4.69) is 0 Å². The molecule has 1 amide bonds. The molecule has 2 N–H and O–H groups in total. The molecule has 0 aliphatic carbocycles. The van der Waals surface area contributed by atoms with Crippen molar-refractivity contribution in [2.75, 3.05) is 5.32 Å². The smallest absolute Gasteiger partial charge is 0.369 e. The third-order valence-electron chi connectivity index (χ3n) is 4.21. The van der Waals surface area contributed by atoms with Gasteiger partial charge < -0.3 is 10.4 Å². The normalized spacial score (nSPS) is 16.0. The van der Waals surface area contributed by atoms with Crippen LogP contribution in [0.1, 0.15) is 25.8 Å². The van der Waals surface area contributed by atoms with Crippen molar-refractivity contribution in [3.05, 3.63) is 29.8 Å². The summed E-state index contributed by atoms with van der Waals surface area (Å²) >= 11 is 0. The van der Waals surface area contributed by atoms with Crippen LogP contribution >= 0.6 is 0 Å². The molecule has 1 unspecified atom stereocenters. The van der Waals surface area contributed by atoms with Gasteiger partial charge in [0.15, 0.2) is 0 Å². The molecular formula is C15H14F9NO2. The van der Waals surface area contributed by atoms with Gasteiger partial charge in [-0.25, -0.2) is 0 Å².